The minimum absolute atomic E-state index is 0.572. The SMILES string of the molecule is CN=C(NCc1ccc(Sc2ccccc2)cc1)NCc1ncnn1C. The molecule has 0 amide bonds. The molecule has 0 aliphatic rings. The molecule has 0 bridgehead atoms. The molecular weight excluding hydrogens is 344 g/mol. The minimum atomic E-state index is 0.572. The molecule has 0 atom stereocenters. The quantitative estimate of drug-likeness (QED) is 0.519. The van der Waals surface area contributed by atoms with Crippen LogP contribution < -0.4 is 10.6 Å². The van der Waals surface area contributed by atoms with Gasteiger partial charge in [-0.25, -0.2) is 4.98 Å². The number of guanidine groups is 1. The van der Waals surface area contributed by atoms with Crippen LogP contribution in [0.25, 0.3) is 0 Å². The lowest BCUT2D eigenvalue weighted by atomic mass is 10.2. The lowest BCUT2D eigenvalue weighted by Crippen LogP contribution is -2.36. The molecule has 3 rings (SSSR count). The summed E-state index contributed by atoms with van der Waals surface area (Å²) >= 11 is 1.76. The van der Waals surface area contributed by atoms with Crippen LogP contribution in [0.15, 0.2) is 75.7 Å². The van der Waals surface area contributed by atoms with Gasteiger partial charge < -0.3 is 10.6 Å². The summed E-state index contributed by atoms with van der Waals surface area (Å²) in [6.45, 7) is 1.28. The van der Waals surface area contributed by atoms with E-state index in [1.807, 2.05) is 13.1 Å². The molecule has 6 nitrogen and oxygen atoms in total. The number of aromatic nitrogens is 3. The molecule has 2 aromatic carbocycles. The van der Waals surface area contributed by atoms with Gasteiger partial charge in [-0.1, -0.05) is 42.1 Å². The third-order valence-corrected chi connectivity index (χ3v) is 4.82. The maximum Gasteiger partial charge on any atom is 0.191 e. The lowest BCUT2D eigenvalue weighted by Gasteiger charge is -2.12. The zero-order valence-corrected chi connectivity index (χ0v) is 15.7. The van der Waals surface area contributed by atoms with Crippen LogP contribution in [0.5, 0.6) is 0 Å². The first-order valence-corrected chi connectivity index (χ1v) is 9.15. The second-order valence-electron chi connectivity index (χ2n) is 5.64. The molecular formula is C19H22N6S. The number of benzene rings is 2. The molecule has 0 aliphatic carbocycles. The molecule has 7 heteroatoms. The zero-order valence-electron chi connectivity index (χ0n) is 14.9. The van der Waals surface area contributed by atoms with Crippen LogP contribution in [0.1, 0.15) is 11.4 Å². The van der Waals surface area contributed by atoms with Gasteiger partial charge in [-0.2, -0.15) is 5.10 Å². The van der Waals surface area contributed by atoms with E-state index in [-0.39, 0.29) is 0 Å². The van der Waals surface area contributed by atoms with Crippen molar-refractivity contribution >= 4 is 17.7 Å². The van der Waals surface area contributed by atoms with Gasteiger partial charge in [0.1, 0.15) is 12.2 Å². The van der Waals surface area contributed by atoms with Crippen LogP contribution in [0, 0.1) is 0 Å². The first-order chi connectivity index (χ1) is 12.7. The highest BCUT2D eigenvalue weighted by molar-refractivity contribution is 7.99. The van der Waals surface area contributed by atoms with Crippen LogP contribution in [-0.2, 0) is 20.1 Å². The molecule has 2 N–H and O–H groups in total. The van der Waals surface area contributed by atoms with Crippen LogP contribution >= 0.6 is 11.8 Å². The number of aryl methyl sites for hydroxylation is 1. The predicted octanol–water partition coefficient (Wildman–Crippen LogP) is 2.83. The molecule has 0 saturated carbocycles. The molecule has 26 heavy (non-hydrogen) atoms. The number of hydrogen-bond donors (Lipinski definition) is 2. The summed E-state index contributed by atoms with van der Waals surface area (Å²) in [6.07, 6.45) is 1.54. The average Bonchev–Trinajstić information content (AvgIpc) is 3.09. The van der Waals surface area contributed by atoms with E-state index in [9.17, 15) is 0 Å². The Morgan fingerprint density at radius 3 is 2.35 bits per heavy atom. The first-order valence-electron chi connectivity index (χ1n) is 8.34. The highest BCUT2D eigenvalue weighted by Gasteiger charge is 2.03. The molecule has 0 fully saturated rings. The van der Waals surface area contributed by atoms with Gasteiger partial charge >= 0.3 is 0 Å². The highest BCUT2D eigenvalue weighted by atomic mass is 32.2. The van der Waals surface area contributed by atoms with Gasteiger partial charge in [0.05, 0.1) is 6.54 Å². The fourth-order valence-electron chi connectivity index (χ4n) is 2.35. The Morgan fingerprint density at radius 1 is 1.00 bits per heavy atom. The first kappa shape index (κ1) is 18.0. The van der Waals surface area contributed by atoms with Gasteiger partial charge in [0, 0.05) is 30.4 Å². The van der Waals surface area contributed by atoms with Gasteiger partial charge in [-0.15, -0.1) is 0 Å². The van der Waals surface area contributed by atoms with Crippen molar-refractivity contribution in [2.24, 2.45) is 12.0 Å². The molecule has 0 unspecified atom stereocenters. The number of nitrogens with zero attached hydrogens (tertiary/aromatic N) is 4. The number of rotatable bonds is 6. The van der Waals surface area contributed by atoms with Crippen molar-refractivity contribution in [3.05, 3.63) is 72.3 Å². The summed E-state index contributed by atoms with van der Waals surface area (Å²) in [5, 5.41) is 10.6. The Balaban J connectivity index is 1.49. The van der Waals surface area contributed by atoms with Crippen LogP contribution in [0.3, 0.4) is 0 Å². The summed E-state index contributed by atoms with van der Waals surface area (Å²) in [4.78, 5) is 10.9. The van der Waals surface area contributed by atoms with E-state index in [2.05, 4.69) is 74.2 Å². The lowest BCUT2D eigenvalue weighted by molar-refractivity contribution is 0.672. The van der Waals surface area contributed by atoms with Gasteiger partial charge in [-0.3, -0.25) is 9.67 Å². The zero-order chi connectivity index (χ0) is 18.2. The van der Waals surface area contributed by atoms with Gasteiger partial charge in [0.25, 0.3) is 0 Å². The van der Waals surface area contributed by atoms with Crippen molar-refractivity contribution in [3.63, 3.8) is 0 Å². The number of nitrogens with one attached hydrogen (secondary N) is 2. The van der Waals surface area contributed by atoms with Gasteiger partial charge in [-0.05, 0) is 29.8 Å². The second-order valence-corrected chi connectivity index (χ2v) is 6.79. The van der Waals surface area contributed by atoms with Crippen LogP contribution in [0.4, 0.5) is 0 Å². The van der Waals surface area contributed by atoms with Crippen molar-refractivity contribution in [3.8, 4) is 0 Å². The molecule has 1 heterocycles. The van der Waals surface area contributed by atoms with Gasteiger partial charge in [0.2, 0.25) is 0 Å². The summed E-state index contributed by atoms with van der Waals surface area (Å²) in [5.74, 6) is 1.59. The normalized spacial score (nSPS) is 11.4. The van der Waals surface area contributed by atoms with Crippen molar-refractivity contribution in [1.82, 2.24) is 25.4 Å². The Kier molecular flexibility index (Phi) is 6.27. The summed E-state index contributed by atoms with van der Waals surface area (Å²) in [5.41, 5.74) is 1.20. The highest BCUT2D eigenvalue weighted by Crippen LogP contribution is 2.27. The summed E-state index contributed by atoms with van der Waals surface area (Å²) < 4.78 is 1.74. The standard InChI is InChI=1S/C19H22N6S/c1-20-19(22-13-18-23-14-24-25(18)2)21-12-15-8-10-17(11-9-15)26-16-6-4-3-5-7-16/h3-11,14H,12-13H2,1-2H3,(H2,20,21,22). The maximum absolute atomic E-state index is 4.24. The van der Waals surface area contributed by atoms with Gasteiger partial charge in [0.15, 0.2) is 5.96 Å². The third-order valence-electron chi connectivity index (χ3n) is 3.80. The molecule has 134 valence electrons. The van der Waals surface area contributed by atoms with Crippen molar-refractivity contribution in [1.29, 1.82) is 0 Å². The Morgan fingerprint density at radius 2 is 1.69 bits per heavy atom. The topological polar surface area (TPSA) is 67.1 Å². The van der Waals surface area contributed by atoms with E-state index >= 15 is 0 Å². The van der Waals surface area contributed by atoms with Crippen molar-refractivity contribution in [2.75, 3.05) is 7.05 Å². The molecule has 0 spiro atoms. The van der Waals surface area contributed by atoms with Crippen molar-refractivity contribution in [2.45, 2.75) is 22.9 Å². The fraction of sp³-hybridized carbons (Fsp3) is 0.211. The minimum Gasteiger partial charge on any atom is -0.352 e. The summed E-state index contributed by atoms with van der Waals surface area (Å²) in [7, 11) is 3.63. The molecule has 0 radical (unpaired) electrons. The van der Waals surface area contributed by atoms with E-state index in [1.165, 1.54) is 15.4 Å². The molecule has 1 aromatic heterocycles. The van der Waals surface area contributed by atoms with E-state index in [0.717, 1.165) is 11.8 Å². The predicted molar refractivity (Wildman–Crippen MR) is 105 cm³/mol. The Hall–Kier alpha value is -2.80. The van der Waals surface area contributed by atoms with Crippen molar-refractivity contribution < 1.29 is 0 Å². The fourth-order valence-corrected chi connectivity index (χ4v) is 3.19. The van der Waals surface area contributed by atoms with E-state index in [0.29, 0.717) is 13.1 Å². The second kappa shape index (κ2) is 9.05. The Bertz CT molecular complexity index is 842. The summed E-state index contributed by atoms with van der Waals surface area (Å²) in [6, 6.07) is 18.9. The molecule has 3 aromatic rings. The largest absolute Gasteiger partial charge is 0.352 e. The number of aliphatic imine (C=N–C) groups is 1. The number of hydrogen-bond acceptors (Lipinski definition) is 4. The van der Waals surface area contributed by atoms with Crippen LogP contribution in [-0.4, -0.2) is 27.8 Å². The Labute approximate surface area is 157 Å². The smallest absolute Gasteiger partial charge is 0.191 e. The van der Waals surface area contributed by atoms with Crippen LogP contribution in [0.2, 0.25) is 0 Å². The molecule has 0 aliphatic heterocycles. The van der Waals surface area contributed by atoms with E-state index in [4.69, 9.17) is 0 Å². The third kappa shape index (κ3) is 5.10. The monoisotopic (exact) mass is 366 g/mol. The van der Waals surface area contributed by atoms with E-state index < -0.39 is 0 Å². The average molecular weight is 366 g/mol. The molecule has 0 saturated heterocycles. The van der Waals surface area contributed by atoms with E-state index in [1.54, 1.807) is 29.8 Å². The maximum atomic E-state index is 4.24.